The van der Waals surface area contributed by atoms with Crippen LogP contribution in [0.3, 0.4) is 0 Å². The number of nitrogens with zero attached hydrogens (tertiary/aromatic N) is 2. The Balaban J connectivity index is 1.65. The average molecular weight is 388 g/mol. The van der Waals surface area contributed by atoms with Crippen molar-refractivity contribution >= 4 is 23.2 Å². The van der Waals surface area contributed by atoms with Crippen molar-refractivity contribution in [2.45, 2.75) is 26.3 Å². The molecule has 0 saturated carbocycles. The van der Waals surface area contributed by atoms with Crippen LogP contribution in [0.25, 0.3) is 5.65 Å². The molecular weight excluding hydrogens is 366 g/mol. The van der Waals surface area contributed by atoms with Crippen LogP contribution in [0.2, 0.25) is 5.02 Å². The Labute approximate surface area is 163 Å². The Morgan fingerprint density at radius 3 is 2.85 bits per heavy atom. The van der Waals surface area contributed by atoms with Crippen LogP contribution in [0.4, 0.5) is 0 Å². The molecule has 1 aromatic carbocycles. The number of nitrogens with one attached hydrogen (secondary N) is 1. The summed E-state index contributed by atoms with van der Waals surface area (Å²) >= 11 is 5.98. The molecule has 0 aliphatic rings. The highest BCUT2D eigenvalue weighted by Gasteiger charge is 2.12. The molecule has 2 aromatic heterocycles. The Hall–Kier alpha value is -2.73. The summed E-state index contributed by atoms with van der Waals surface area (Å²) in [6, 6.07) is 8.78. The lowest BCUT2D eigenvalue weighted by molar-refractivity contribution is 0.0950. The minimum Gasteiger partial charge on any atom is -0.493 e. The molecular formula is C20H22ClN3O3. The average Bonchev–Trinajstić information content (AvgIpc) is 3.08. The highest BCUT2D eigenvalue weighted by Crippen LogP contribution is 2.28. The Bertz CT molecular complexity index is 939. The van der Waals surface area contributed by atoms with Gasteiger partial charge in [0.25, 0.3) is 5.91 Å². The normalized spacial score (nSPS) is 10.8. The first-order valence-corrected chi connectivity index (χ1v) is 9.20. The van der Waals surface area contributed by atoms with E-state index in [2.05, 4.69) is 17.2 Å². The largest absolute Gasteiger partial charge is 0.493 e. The van der Waals surface area contributed by atoms with Crippen LogP contribution in [-0.4, -0.2) is 29.0 Å². The monoisotopic (exact) mass is 387 g/mol. The van der Waals surface area contributed by atoms with Crippen molar-refractivity contribution < 1.29 is 14.3 Å². The van der Waals surface area contributed by atoms with Gasteiger partial charge in [-0.25, -0.2) is 4.98 Å². The summed E-state index contributed by atoms with van der Waals surface area (Å²) in [5, 5.41) is 3.50. The SMILES string of the molecule is CCCCOc1ccc(C(=O)NCc2cn3cc(Cl)ccc3n2)cc1OC. The van der Waals surface area contributed by atoms with Gasteiger partial charge >= 0.3 is 0 Å². The number of carbonyl (C=O) groups excluding carboxylic acids is 1. The fourth-order valence-electron chi connectivity index (χ4n) is 2.63. The zero-order valence-corrected chi connectivity index (χ0v) is 16.1. The first kappa shape index (κ1) is 19.0. The number of benzene rings is 1. The second-order valence-electron chi connectivity index (χ2n) is 6.10. The first-order valence-electron chi connectivity index (χ1n) is 8.83. The van der Waals surface area contributed by atoms with Crippen molar-refractivity contribution in [3.05, 3.63) is 59.0 Å². The molecule has 6 nitrogen and oxygen atoms in total. The maximum absolute atomic E-state index is 12.5. The highest BCUT2D eigenvalue weighted by molar-refractivity contribution is 6.30. The molecule has 0 atom stereocenters. The van der Waals surface area contributed by atoms with Crippen LogP contribution in [0.1, 0.15) is 35.8 Å². The number of fused-ring (bicyclic) bond motifs is 1. The molecule has 0 saturated heterocycles. The molecule has 1 N–H and O–H groups in total. The summed E-state index contributed by atoms with van der Waals surface area (Å²) < 4.78 is 12.9. The van der Waals surface area contributed by atoms with Gasteiger partial charge in [-0.3, -0.25) is 4.79 Å². The lowest BCUT2D eigenvalue weighted by atomic mass is 10.2. The highest BCUT2D eigenvalue weighted by atomic mass is 35.5. The van der Waals surface area contributed by atoms with Gasteiger partial charge in [-0.05, 0) is 36.8 Å². The van der Waals surface area contributed by atoms with E-state index in [0.29, 0.717) is 35.2 Å². The molecule has 1 amide bonds. The molecule has 0 aliphatic heterocycles. The Kier molecular flexibility index (Phi) is 6.19. The maximum atomic E-state index is 12.5. The fourth-order valence-corrected chi connectivity index (χ4v) is 2.80. The van der Waals surface area contributed by atoms with Crippen molar-refractivity contribution in [1.82, 2.24) is 14.7 Å². The number of rotatable bonds is 8. The van der Waals surface area contributed by atoms with E-state index >= 15 is 0 Å². The number of aromatic nitrogens is 2. The topological polar surface area (TPSA) is 64.9 Å². The smallest absolute Gasteiger partial charge is 0.251 e. The second kappa shape index (κ2) is 8.77. The first-order chi connectivity index (χ1) is 13.1. The van der Waals surface area contributed by atoms with Crippen LogP contribution in [0.5, 0.6) is 11.5 Å². The minimum atomic E-state index is -0.205. The summed E-state index contributed by atoms with van der Waals surface area (Å²) in [5.74, 6) is 0.976. The molecule has 2 heterocycles. The summed E-state index contributed by atoms with van der Waals surface area (Å²) in [5.41, 5.74) is 2.03. The lowest BCUT2D eigenvalue weighted by Crippen LogP contribution is -2.23. The third kappa shape index (κ3) is 4.71. The molecule has 0 spiro atoms. The number of imidazole rings is 1. The molecule has 3 rings (SSSR count). The van der Waals surface area contributed by atoms with E-state index in [4.69, 9.17) is 21.1 Å². The van der Waals surface area contributed by atoms with Crippen molar-refractivity contribution in [2.75, 3.05) is 13.7 Å². The third-order valence-corrected chi connectivity index (χ3v) is 4.30. The molecule has 142 valence electrons. The maximum Gasteiger partial charge on any atom is 0.251 e. The molecule has 7 heteroatoms. The summed E-state index contributed by atoms with van der Waals surface area (Å²) in [6.07, 6.45) is 5.64. The van der Waals surface area contributed by atoms with Gasteiger partial charge in [0.15, 0.2) is 11.5 Å². The van der Waals surface area contributed by atoms with Gasteiger partial charge in [-0.2, -0.15) is 0 Å². The van der Waals surface area contributed by atoms with E-state index in [0.717, 1.165) is 24.2 Å². The van der Waals surface area contributed by atoms with E-state index in [1.807, 2.05) is 16.7 Å². The number of hydrogen-bond donors (Lipinski definition) is 1. The molecule has 0 bridgehead atoms. The predicted molar refractivity (Wildman–Crippen MR) is 105 cm³/mol. The van der Waals surface area contributed by atoms with Crippen LogP contribution in [0, 0.1) is 0 Å². The van der Waals surface area contributed by atoms with Gasteiger partial charge in [0.2, 0.25) is 0 Å². The van der Waals surface area contributed by atoms with Gasteiger partial charge < -0.3 is 19.2 Å². The number of unbranched alkanes of at least 4 members (excludes halogenated alkanes) is 1. The number of amides is 1. The number of methoxy groups -OCH3 is 1. The third-order valence-electron chi connectivity index (χ3n) is 4.08. The van der Waals surface area contributed by atoms with E-state index in [1.54, 1.807) is 37.6 Å². The number of ether oxygens (including phenoxy) is 2. The zero-order valence-electron chi connectivity index (χ0n) is 15.4. The van der Waals surface area contributed by atoms with Crippen LogP contribution >= 0.6 is 11.6 Å². The van der Waals surface area contributed by atoms with Crippen LogP contribution in [0.15, 0.2) is 42.7 Å². The summed E-state index contributed by atoms with van der Waals surface area (Å²) in [7, 11) is 1.56. The number of carbonyl (C=O) groups is 1. The molecule has 0 fully saturated rings. The molecule has 0 aliphatic carbocycles. The van der Waals surface area contributed by atoms with Crippen molar-refractivity contribution in [3.8, 4) is 11.5 Å². The van der Waals surface area contributed by atoms with Crippen LogP contribution < -0.4 is 14.8 Å². The van der Waals surface area contributed by atoms with Gasteiger partial charge in [0, 0.05) is 18.0 Å². The van der Waals surface area contributed by atoms with E-state index in [1.165, 1.54) is 0 Å². The van der Waals surface area contributed by atoms with Gasteiger partial charge in [-0.15, -0.1) is 0 Å². The quantitative estimate of drug-likeness (QED) is 0.591. The van der Waals surface area contributed by atoms with Crippen molar-refractivity contribution in [1.29, 1.82) is 0 Å². The number of pyridine rings is 1. The standard InChI is InChI=1S/C20H22ClN3O3/c1-3-4-9-27-17-7-5-14(10-18(17)26-2)20(25)22-11-16-13-24-12-15(21)6-8-19(24)23-16/h5-8,10,12-13H,3-4,9,11H2,1-2H3,(H,22,25). The van der Waals surface area contributed by atoms with E-state index in [9.17, 15) is 4.79 Å². The number of halogens is 1. The fraction of sp³-hybridized carbons (Fsp3) is 0.300. The van der Waals surface area contributed by atoms with Gasteiger partial charge in [0.1, 0.15) is 5.65 Å². The van der Waals surface area contributed by atoms with Gasteiger partial charge in [-0.1, -0.05) is 24.9 Å². The Morgan fingerprint density at radius 1 is 1.22 bits per heavy atom. The van der Waals surface area contributed by atoms with E-state index in [-0.39, 0.29) is 5.91 Å². The van der Waals surface area contributed by atoms with Gasteiger partial charge in [0.05, 0.1) is 31.0 Å². The molecule has 27 heavy (non-hydrogen) atoms. The zero-order chi connectivity index (χ0) is 19.2. The van der Waals surface area contributed by atoms with E-state index < -0.39 is 0 Å². The van der Waals surface area contributed by atoms with Crippen LogP contribution in [-0.2, 0) is 6.54 Å². The molecule has 0 radical (unpaired) electrons. The molecule has 0 unspecified atom stereocenters. The predicted octanol–water partition coefficient (Wildman–Crippen LogP) is 4.11. The second-order valence-corrected chi connectivity index (χ2v) is 6.53. The van der Waals surface area contributed by atoms with Crippen molar-refractivity contribution in [2.24, 2.45) is 0 Å². The number of hydrogen-bond acceptors (Lipinski definition) is 4. The summed E-state index contributed by atoms with van der Waals surface area (Å²) in [6.45, 7) is 3.04. The minimum absolute atomic E-state index is 0.205. The Morgan fingerprint density at radius 2 is 2.07 bits per heavy atom. The lowest BCUT2D eigenvalue weighted by Gasteiger charge is -2.12. The molecule has 3 aromatic rings. The summed E-state index contributed by atoms with van der Waals surface area (Å²) in [4.78, 5) is 16.9. The van der Waals surface area contributed by atoms with Crippen molar-refractivity contribution in [3.63, 3.8) is 0 Å².